The van der Waals surface area contributed by atoms with Crippen molar-refractivity contribution in [3.8, 4) is 0 Å². The molecular formula is C13H23N3O2S. The summed E-state index contributed by atoms with van der Waals surface area (Å²) in [6.45, 7) is 10.1. The van der Waals surface area contributed by atoms with Gasteiger partial charge < -0.3 is 10.3 Å². The van der Waals surface area contributed by atoms with E-state index in [-0.39, 0.29) is 4.90 Å². The van der Waals surface area contributed by atoms with Crippen molar-refractivity contribution in [3.05, 3.63) is 30.6 Å². The Labute approximate surface area is 115 Å². The second-order valence-corrected chi connectivity index (χ2v) is 7.25. The van der Waals surface area contributed by atoms with Crippen molar-refractivity contribution in [1.29, 1.82) is 0 Å². The molecule has 6 heteroatoms. The first-order chi connectivity index (χ1) is 8.73. The van der Waals surface area contributed by atoms with Crippen molar-refractivity contribution in [3.63, 3.8) is 0 Å². The summed E-state index contributed by atoms with van der Waals surface area (Å²) in [5, 5.41) is 2.98. The van der Waals surface area contributed by atoms with Gasteiger partial charge in [-0.15, -0.1) is 6.58 Å². The number of nitrogens with one attached hydrogen (secondary N) is 2. The zero-order valence-electron chi connectivity index (χ0n) is 12.0. The number of hydrogen-bond acceptors (Lipinski definition) is 3. The molecule has 0 aliphatic rings. The van der Waals surface area contributed by atoms with E-state index in [4.69, 9.17) is 0 Å². The topological polar surface area (TPSA) is 65.2 Å². The summed E-state index contributed by atoms with van der Waals surface area (Å²) >= 11 is 0. The minimum Gasteiger partial charge on any atom is -0.363 e. The average Bonchev–Trinajstić information content (AvgIpc) is 2.74. The largest absolute Gasteiger partial charge is 0.363 e. The Morgan fingerprint density at radius 1 is 1.47 bits per heavy atom. The van der Waals surface area contributed by atoms with Crippen LogP contribution in [0, 0.1) is 0 Å². The molecule has 1 aromatic heterocycles. The predicted octanol–water partition coefficient (Wildman–Crippen LogP) is 1.71. The van der Waals surface area contributed by atoms with Crippen molar-refractivity contribution >= 4 is 10.0 Å². The Hall–Kier alpha value is -1.11. The third-order valence-electron chi connectivity index (χ3n) is 2.71. The molecule has 0 saturated carbocycles. The van der Waals surface area contributed by atoms with Gasteiger partial charge in [0, 0.05) is 30.5 Å². The van der Waals surface area contributed by atoms with E-state index < -0.39 is 15.6 Å². The molecule has 0 fully saturated rings. The van der Waals surface area contributed by atoms with Gasteiger partial charge in [0.15, 0.2) is 0 Å². The molecule has 0 bridgehead atoms. The van der Waals surface area contributed by atoms with Crippen LogP contribution in [0.1, 0.15) is 26.5 Å². The van der Waals surface area contributed by atoms with Crippen molar-refractivity contribution in [1.82, 2.24) is 14.6 Å². The lowest BCUT2D eigenvalue weighted by Crippen LogP contribution is -2.45. The molecule has 0 spiro atoms. The molecule has 0 aliphatic carbocycles. The molecule has 19 heavy (non-hydrogen) atoms. The fourth-order valence-electron chi connectivity index (χ4n) is 1.84. The van der Waals surface area contributed by atoms with Gasteiger partial charge >= 0.3 is 0 Å². The summed E-state index contributed by atoms with van der Waals surface area (Å²) < 4.78 is 26.7. The molecule has 0 unspecified atom stereocenters. The quantitative estimate of drug-likeness (QED) is 0.782. The maximum absolute atomic E-state index is 12.6. The predicted molar refractivity (Wildman–Crippen MR) is 77.4 cm³/mol. The van der Waals surface area contributed by atoms with E-state index in [2.05, 4.69) is 16.9 Å². The van der Waals surface area contributed by atoms with E-state index in [0.29, 0.717) is 13.1 Å². The van der Waals surface area contributed by atoms with E-state index in [9.17, 15) is 8.42 Å². The molecule has 0 aromatic carbocycles. The molecule has 1 aromatic rings. The summed E-state index contributed by atoms with van der Waals surface area (Å²) in [5.41, 5.74) is 0.349. The summed E-state index contributed by atoms with van der Waals surface area (Å²) in [7, 11) is -1.70. The first-order valence-electron chi connectivity index (χ1n) is 6.19. The Kier molecular flexibility index (Phi) is 4.95. The van der Waals surface area contributed by atoms with E-state index >= 15 is 0 Å². The Morgan fingerprint density at radius 3 is 2.58 bits per heavy atom. The molecule has 5 nitrogen and oxygen atoms in total. The second kappa shape index (κ2) is 5.90. The van der Waals surface area contributed by atoms with Crippen LogP contribution in [0.2, 0.25) is 0 Å². The first-order valence-corrected chi connectivity index (χ1v) is 7.63. The fraction of sp³-hybridized carbons (Fsp3) is 0.538. The SMILES string of the molecule is C=CCN(C(C)(C)C)S(=O)(=O)c1c[nH]c(CNC)c1. The third-order valence-corrected chi connectivity index (χ3v) is 4.82. The van der Waals surface area contributed by atoms with Crippen LogP contribution in [-0.2, 0) is 16.6 Å². The normalized spacial score (nSPS) is 12.9. The van der Waals surface area contributed by atoms with E-state index in [1.165, 1.54) is 10.5 Å². The van der Waals surface area contributed by atoms with Crippen LogP contribution in [0.3, 0.4) is 0 Å². The summed E-state index contributed by atoms with van der Waals surface area (Å²) in [6, 6.07) is 1.66. The van der Waals surface area contributed by atoms with Gasteiger partial charge in [0.25, 0.3) is 0 Å². The van der Waals surface area contributed by atoms with Crippen LogP contribution in [0.25, 0.3) is 0 Å². The highest BCUT2D eigenvalue weighted by atomic mass is 32.2. The number of rotatable bonds is 6. The Morgan fingerprint density at radius 2 is 2.11 bits per heavy atom. The minimum atomic E-state index is -3.52. The lowest BCUT2D eigenvalue weighted by molar-refractivity contribution is 0.270. The Balaban J connectivity index is 3.15. The highest BCUT2D eigenvalue weighted by Crippen LogP contribution is 2.24. The minimum absolute atomic E-state index is 0.287. The van der Waals surface area contributed by atoms with Gasteiger partial charge in [-0.2, -0.15) is 4.31 Å². The number of H-pyrrole nitrogens is 1. The maximum atomic E-state index is 12.6. The summed E-state index contributed by atoms with van der Waals surface area (Å²) in [6.07, 6.45) is 3.13. The number of aromatic amines is 1. The fourth-order valence-corrected chi connectivity index (χ4v) is 3.61. The van der Waals surface area contributed by atoms with Gasteiger partial charge in [0.05, 0.1) is 4.90 Å². The molecule has 108 valence electrons. The van der Waals surface area contributed by atoms with Crippen LogP contribution in [0.15, 0.2) is 29.8 Å². The number of hydrogen-bond donors (Lipinski definition) is 2. The highest BCUT2D eigenvalue weighted by molar-refractivity contribution is 7.89. The van der Waals surface area contributed by atoms with Crippen molar-refractivity contribution in [2.75, 3.05) is 13.6 Å². The van der Waals surface area contributed by atoms with Crippen molar-refractivity contribution < 1.29 is 8.42 Å². The maximum Gasteiger partial charge on any atom is 0.245 e. The first kappa shape index (κ1) is 15.9. The van der Waals surface area contributed by atoms with Gasteiger partial charge in [-0.3, -0.25) is 0 Å². The smallest absolute Gasteiger partial charge is 0.245 e. The van der Waals surface area contributed by atoms with E-state index in [1.54, 1.807) is 12.1 Å². The highest BCUT2D eigenvalue weighted by Gasteiger charge is 2.33. The third kappa shape index (κ3) is 3.68. The van der Waals surface area contributed by atoms with Crippen LogP contribution < -0.4 is 5.32 Å². The zero-order chi connectivity index (χ0) is 14.7. The molecule has 0 radical (unpaired) electrons. The van der Waals surface area contributed by atoms with E-state index in [0.717, 1.165) is 5.69 Å². The van der Waals surface area contributed by atoms with Crippen LogP contribution in [0.5, 0.6) is 0 Å². The Bertz CT molecular complexity index is 526. The molecule has 0 saturated heterocycles. The summed E-state index contributed by atoms with van der Waals surface area (Å²) in [4.78, 5) is 3.25. The number of sulfonamides is 1. The van der Waals surface area contributed by atoms with Gasteiger partial charge in [-0.25, -0.2) is 8.42 Å². The van der Waals surface area contributed by atoms with Crippen LogP contribution in [-0.4, -0.2) is 36.8 Å². The van der Waals surface area contributed by atoms with Crippen molar-refractivity contribution in [2.24, 2.45) is 0 Å². The molecule has 1 rings (SSSR count). The molecular weight excluding hydrogens is 262 g/mol. The molecule has 2 N–H and O–H groups in total. The molecule has 0 atom stereocenters. The summed E-state index contributed by atoms with van der Waals surface area (Å²) in [5.74, 6) is 0. The van der Waals surface area contributed by atoms with Gasteiger partial charge in [0.2, 0.25) is 10.0 Å². The molecule has 0 aliphatic heterocycles. The standard InChI is InChI=1S/C13H23N3O2S/c1-6-7-16(13(2,3)4)19(17,18)12-8-11(9-14-5)15-10-12/h6,8,10,14-15H,1,7,9H2,2-5H3. The zero-order valence-corrected chi connectivity index (χ0v) is 12.8. The van der Waals surface area contributed by atoms with E-state index in [1.807, 2.05) is 27.8 Å². The number of nitrogens with zero attached hydrogens (tertiary/aromatic N) is 1. The number of aromatic nitrogens is 1. The lowest BCUT2D eigenvalue weighted by Gasteiger charge is -2.33. The average molecular weight is 285 g/mol. The monoisotopic (exact) mass is 285 g/mol. The second-order valence-electron chi connectivity index (χ2n) is 5.39. The lowest BCUT2D eigenvalue weighted by atomic mass is 10.1. The van der Waals surface area contributed by atoms with Gasteiger partial charge in [-0.05, 0) is 33.9 Å². The van der Waals surface area contributed by atoms with Crippen molar-refractivity contribution in [2.45, 2.75) is 37.8 Å². The van der Waals surface area contributed by atoms with Crippen LogP contribution >= 0.6 is 0 Å². The van der Waals surface area contributed by atoms with Gasteiger partial charge in [0.1, 0.15) is 0 Å². The van der Waals surface area contributed by atoms with Gasteiger partial charge in [-0.1, -0.05) is 6.08 Å². The van der Waals surface area contributed by atoms with Crippen LogP contribution in [0.4, 0.5) is 0 Å². The molecule has 0 amide bonds. The molecule has 1 heterocycles.